The molecule has 1 aromatic carbocycles. The van der Waals surface area contributed by atoms with Gasteiger partial charge >= 0.3 is 11.9 Å². The van der Waals surface area contributed by atoms with Gasteiger partial charge in [0.05, 0.1) is 24.4 Å². The number of hydrogen-bond donors (Lipinski definition) is 4. The lowest BCUT2D eigenvalue weighted by molar-refractivity contribution is -0.143. The van der Waals surface area contributed by atoms with Crippen LogP contribution in [0.1, 0.15) is 12.8 Å². The lowest BCUT2D eigenvalue weighted by Gasteiger charge is -2.28. The van der Waals surface area contributed by atoms with Crippen molar-refractivity contribution in [1.82, 2.24) is 10.6 Å². The van der Waals surface area contributed by atoms with Crippen molar-refractivity contribution in [1.29, 1.82) is 0 Å². The Morgan fingerprint density at radius 1 is 1.28 bits per heavy atom. The van der Waals surface area contributed by atoms with Crippen LogP contribution in [0.4, 0.5) is 5.69 Å². The van der Waals surface area contributed by atoms with Crippen LogP contribution in [0.2, 0.25) is 0 Å². The molecule has 10 heteroatoms. The van der Waals surface area contributed by atoms with Crippen LogP contribution in [0, 0.1) is 0 Å². The number of fused-ring (bicyclic) bond motifs is 1. The Labute approximate surface area is 172 Å². The van der Waals surface area contributed by atoms with Crippen LogP contribution in [0.15, 0.2) is 29.2 Å². The molecule has 158 valence electrons. The van der Waals surface area contributed by atoms with Crippen molar-refractivity contribution < 1.29 is 29.3 Å². The number of nitrogens with zero attached hydrogens (tertiary/aromatic N) is 1. The highest BCUT2D eigenvalue weighted by Crippen LogP contribution is 2.34. The first kappa shape index (κ1) is 21.6. The van der Waals surface area contributed by atoms with Gasteiger partial charge in [-0.3, -0.25) is 24.6 Å². The smallest absolute Gasteiger partial charge is 0.323 e. The van der Waals surface area contributed by atoms with Gasteiger partial charge in [0.2, 0.25) is 5.91 Å². The molecule has 0 aliphatic carbocycles. The van der Waals surface area contributed by atoms with Crippen LogP contribution in [-0.4, -0.2) is 78.2 Å². The van der Waals surface area contributed by atoms with E-state index in [0.29, 0.717) is 11.4 Å². The highest BCUT2D eigenvalue weighted by Gasteiger charge is 2.35. The molecule has 0 bridgehead atoms. The number of nitrogens with one attached hydrogen (secondary N) is 2. The number of para-hydroxylation sites is 1. The van der Waals surface area contributed by atoms with Gasteiger partial charge in [-0.15, -0.1) is 11.8 Å². The molecule has 2 aliphatic rings. The molecule has 0 radical (unpaired) electrons. The first-order valence-electron chi connectivity index (χ1n) is 9.52. The summed E-state index contributed by atoms with van der Waals surface area (Å²) >= 11 is 1.39. The summed E-state index contributed by atoms with van der Waals surface area (Å²) in [5.41, 5.74) is 0.520. The summed E-state index contributed by atoms with van der Waals surface area (Å²) in [6, 6.07) is 5.16. The molecule has 2 aliphatic heterocycles. The summed E-state index contributed by atoms with van der Waals surface area (Å²) in [5.74, 6) is -2.41. The Bertz CT molecular complexity index is 755. The Kier molecular flexibility index (Phi) is 7.48. The van der Waals surface area contributed by atoms with Gasteiger partial charge in [-0.2, -0.15) is 0 Å². The molecule has 0 spiro atoms. The number of piperidine rings is 1. The van der Waals surface area contributed by atoms with Gasteiger partial charge in [-0.1, -0.05) is 12.1 Å². The fourth-order valence-electron chi connectivity index (χ4n) is 3.40. The number of aliphatic carboxylic acids is 2. The molecule has 4 N–H and O–H groups in total. The number of hydrogen-bond acceptors (Lipinski definition) is 7. The lowest BCUT2D eigenvalue weighted by Crippen LogP contribution is -2.55. The third-order valence-corrected chi connectivity index (χ3v) is 6.06. The number of anilines is 1. The summed E-state index contributed by atoms with van der Waals surface area (Å²) in [7, 11) is 0. The van der Waals surface area contributed by atoms with E-state index in [9.17, 15) is 24.6 Å². The summed E-state index contributed by atoms with van der Waals surface area (Å²) in [5, 5.41) is 24.9. The molecule has 29 heavy (non-hydrogen) atoms. The van der Waals surface area contributed by atoms with E-state index in [4.69, 9.17) is 4.74 Å². The topological polar surface area (TPSA) is 128 Å². The number of carboxylic acids is 2. The number of benzene rings is 1. The number of carboxylic acid groups (broad SMARTS) is 2. The fourth-order valence-corrected chi connectivity index (χ4v) is 4.49. The molecule has 1 fully saturated rings. The minimum atomic E-state index is -1.14. The van der Waals surface area contributed by atoms with E-state index in [1.165, 1.54) is 16.7 Å². The molecule has 1 amide bonds. The van der Waals surface area contributed by atoms with E-state index in [0.717, 1.165) is 30.8 Å². The number of thioether (sulfide) groups is 1. The number of carbonyl (C=O) groups excluding carboxylic acids is 1. The van der Waals surface area contributed by atoms with Crippen LogP contribution in [0.25, 0.3) is 0 Å². The molecule has 1 aromatic rings. The van der Waals surface area contributed by atoms with E-state index in [1.807, 2.05) is 12.1 Å². The van der Waals surface area contributed by atoms with E-state index >= 15 is 0 Å². The molecular weight excluding hydrogens is 398 g/mol. The maximum absolute atomic E-state index is 13.1. The van der Waals surface area contributed by atoms with Gasteiger partial charge in [-0.25, -0.2) is 0 Å². The third kappa shape index (κ3) is 5.69. The standard InChI is InChI=1S/C19H25N3O6S/c23-17(24)9-22-15-3-1-2-4-16(15)29-11-14(18(22)25)21-13(19(26)27)10-28-12-5-7-20-8-6-12/h1-4,12-14,20-21H,5-11H2,(H,23,24)(H,26,27)/t13-,14?/m0/s1. The van der Waals surface area contributed by atoms with Gasteiger partial charge in [-0.05, 0) is 38.1 Å². The van der Waals surface area contributed by atoms with Crippen LogP contribution in [0.5, 0.6) is 0 Å². The predicted molar refractivity (Wildman–Crippen MR) is 107 cm³/mol. The number of carbonyl (C=O) groups is 3. The maximum atomic E-state index is 13.1. The van der Waals surface area contributed by atoms with Crippen molar-refractivity contribution >= 4 is 35.3 Å². The predicted octanol–water partition coefficient (Wildman–Crippen LogP) is 0.390. The summed E-state index contributed by atoms with van der Waals surface area (Å²) in [4.78, 5) is 38.1. The SMILES string of the molecule is O=C(O)CN1C(=O)C(N[C@@H](COC2CCNCC2)C(=O)O)CSc2ccccc21. The van der Waals surface area contributed by atoms with E-state index in [2.05, 4.69) is 10.6 Å². The molecule has 1 saturated heterocycles. The van der Waals surface area contributed by atoms with Gasteiger partial charge in [0.1, 0.15) is 12.6 Å². The quantitative estimate of drug-likeness (QED) is 0.469. The zero-order valence-electron chi connectivity index (χ0n) is 15.9. The summed E-state index contributed by atoms with van der Waals surface area (Å²) in [6.45, 7) is 1.12. The molecular formula is C19H25N3O6S. The van der Waals surface area contributed by atoms with Gasteiger partial charge in [0, 0.05) is 10.6 Å². The van der Waals surface area contributed by atoms with E-state index < -0.39 is 36.5 Å². The Balaban J connectivity index is 1.71. The van der Waals surface area contributed by atoms with Gasteiger partial charge in [0.25, 0.3) is 0 Å². The Morgan fingerprint density at radius 3 is 2.69 bits per heavy atom. The average Bonchev–Trinajstić information content (AvgIpc) is 2.83. The largest absolute Gasteiger partial charge is 0.480 e. The minimum Gasteiger partial charge on any atom is -0.480 e. The van der Waals surface area contributed by atoms with Crippen molar-refractivity contribution in [3.8, 4) is 0 Å². The molecule has 2 heterocycles. The molecule has 0 aromatic heterocycles. The highest BCUT2D eigenvalue weighted by atomic mass is 32.2. The van der Waals surface area contributed by atoms with Gasteiger partial charge < -0.3 is 20.3 Å². The normalized spacial score (nSPS) is 21.3. The first-order chi connectivity index (χ1) is 14.0. The first-order valence-corrected chi connectivity index (χ1v) is 10.5. The van der Waals surface area contributed by atoms with Crippen LogP contribution < -0.4 is 15.5 Å². The minimum absolute atomic E-state index is 0.00752. The van der Waals surface area contributed by atoms with E-state index in [1.54, 1.807) is 12.1 Å². The second-order valence-electron chi connectivity index (χ2n) is 6.99. The molecule has 9 nitrogen and oxygen atoms in total. The number of amides is 1. The van der Waals surface area contributed by atoms with Crippen molar-refractivity contribution in [2.75, 3.05) is 36.9 Å². The fraction of sp³-hybridized carbons (Fsp3) is 0.526. The average molecular weight is 423 g/mol. The van der Waals surface area contributed by atoms with Crippen molar-refractivity contribution in [3.63, 3.8) is 0 Å². The van der Waals surface area contributed by atoms with Crippen LogP contribution >= 0.6 is 11.8 Å². The van der Waals surface area contributed by atoms with Crippen molar-refractivity contribution in [2.45, 2.75) is 35.9 Å². The third-order valence-electron chi connectivity index (χ3n) is 4.90. The summed E-state index contributed by atoms with van der Waals surface area (Å²) in [6.07, 6.45) is 1.62. The second kappa shape index (κ2) is 10.1. The van der Waals surface area contributed by atoms with Crippen LogP contribution in [-0.2, 0) is 19.1 Å². The lowest BCUT2D eigenvalue weighted by atomic mass is 10.1. The monoisotopic (exact) mass is 423 g/mol. The zero-order valence-corrected chi connectivity index (χ0v) is 16.7. The maximum Gasteiger partial charge on any atom is 0.323 e. The number of rotatable bonds is 8. The molecule has 2 atom stereocenters. The van der Waals surface area contributed by atoms with Crippen LogP contribution in [0.3, 0.4) is 0 Å². The summed E-state index contributed by atoms with van der Waals surface area (Å²) < 4.78 is 5.76. The van der Waals surface area contributed by atoms with Crippen molar-refractivity contribution in [2.24, 2.45) is 0 Å². The van der Waals surface area contributed by atoms with Gasteiger partial charge in [0.15, 0.2) is 0 Å². The van der Waals surface area contributed by atoms with E-state index in [-0.39, 0.29) is 12.7 Å². The number of ether oxygens (including phenoxy) is 1. The van der Waals surface area contributed by atoms with Crippen molar-refractivity contribution in [3.05, 3.63) is 24.3 Å². The molecule has 0 saturated carbocycles. The molecule has 3 rings (SSSR count). The second-order valence-corrected chi connectivity index (χ2v) is 8.05. The molecule has 1 unspecified atom stereocenters. The Morgan fingerprint density at radius 2 is 2.00 bits per heavy atom. The zero-order chi connectivity index (χ0) is 20.8. The Hall–Kier alpha value is -2.14. The highest BCUT2D eigenvalue weighted by molar-refractivity contribution is 7.99.